The van der Waals surface area contributed by atoms with Crippen molar-refractivity contribution in [2.24, 2.45) is 0 Å². The Bertz CT molecular complexity index is 888. The van der Waals surface area contributed by atoms with Crippen LogP contribution >= 0.6 is 0 Å². The molecule has 0 spiro atoms. The van der Waals surface area contributed by atoms with Crippen LogP contribution < -0.4 is 24.8 Å². The topological polar surface area (TPSA) is 74.0 Å². The van der Waals surface area contributed by atoms with Crippen molar-refractivity contribution in [3.05, 3.63) is 47.0 Å². The first-order chi connectivity index (χ1) is 13.4. The summed E-state index contributed by atoms with van der Waals surface area (Å²) >= 11 is 0. The number of Topliss-reactive ketones (excluding diaryl/α,β-unsaturated/α-hetero) is 1. The number of allylic oxidation sites excluding steroid dienone is 1. The van der Waals surface area contributed by atoms with E-state index in [9.17, 15) is 4.79 Å². The molecule has 0 saturated heterocycles. The molecule has 6 heteroatoms. The quantitative estimate of drug-likeness (QED) is 0.421. The standard InChI is InChI=1S/C22H28N2O4/c1-7-14(21(25)15-8-9-19(24(2)3)18(23)12-15)10-16-11-17(26-4)13-20(27-5)22(16)28-6/h8-13H,7,23H2,1-6H3/b14-10+. The van der Waals surface area contributed by atoms with Crippen molar-refractivity contribution in [2.45, 2.75) is 13.3 Å². The summed E-state index contributed by atoms with van der Waals surface area (Å²) in [6.07, 6.45) is 2.36. The highest BCUT2D eigenvalue weighted by Gasteiger charge is 2.17. The number of nitrogens with zero attached hydrogens (tertiary/aromatic N) is 1. The smallest absolute Gasteiger partial charge is 0.189 e. The van der Waals surface area contributed by atoms with E-state index in [1.54, 1.807) is 39.5 Å². The van der Waals surface area contributed by atoms with Gasteiger partial charge in [-0.05, 0) is 36.8 Å². The van der Waals surface area contributed by atoms with Gasteiger partial charge in [-0.25, -0.2) is 0 Å². The molecule has 150 valence electrons. The van der Waals surface area contributed by atoms with Crippen molar-refractivity contribution in [1.29, 1.82) is 0 Å². The maximum Gasteiger partial charge on any atom is 0.189 e. The van der Waals surface area contributed by atoms with E-state index in [2.05, 4.69) is 0 Å². The van der Waals surface area contributed by atoms with Crippen molar-refractivity contribution in [3.63, 3.8) is 0 Å². The Labute approximate surface area is 166 Å². The summed E-state index contributed by atoms with van der Waals surface area (Å²) in [6, 6.07) is 8.91. The highest BCUT2D eigenvalue weighted by molar-refractivity contribution is 6.12. The van der Waals surface area contributed by atoms with Crippen LogP contribution in [0.1, 0.15) is 29.3 Å². The first-order valence-corrected chi connectivity index (χ1v) is 8.98. The van der Waals surface area contributed by atoms with E-state index in [1.165, 1.54) is 0 Å². The molecule has 0 bridgehead atoms. The summed E-state index contributed by atoms with van der Waals surface area (Å²) in [7, 11) is 8.53. The van der Waals surface area contributed by atoms with Gasteiger partial charge in [-0.15, -0.1) is 0 Å². The second-order valence-corrected chi connectivity index (χ2v) is 6.47. The van der Waals surface area contributed by atoms with Crippen molar-refractivity contribution in [1.82, 2.24) is 0 Å². The van der Waals surface area contributed by atoms with E-state index in [0.717, 1.165) is 5.69 Å². The van der Waals surface area contributed by atoms with E-state index in [4.69, 9.17) is 19.9 Å². The molecule has 0 radical (unpaired) electrons. The van der Waals surface area contributed by atoms with Gasteiger partial charge in [0.1, 0.15) is 5.75 Å². The molecule has 0 saturated carbocycles. The fraction of sp³-hybridized carbons (Fsp3) is 0.318. The Hall–Kier alpha value is -3.15. The summed E-state index contributed by atoms with van der Waals surface area (Å²) < 4.78 is 16.2. The van der Waals surface area contributed by atoms with Gasteiger partial charge in [0.15, 0.2) is 17.3 Å². The third kappa shape index (κ3) is 4.39. The van der Waals surface area contributed by atoms with E-state index in [0.29, 0.717) is 46.1 Å². The fourth-order valence-electron chi connectivity index (χ4n) is 3.00. The minimum Gasteiger partial charge on any atom is -0.497 e. The van der Waals surface area contributed by atoms with E-state index < -0.39 is 0 Å². The normalized spacial score (nSPS) is 11.1. The van der Waals surface area contributed by atoms with Gasteiger partial charge in [-0.1, -0.05) is 6.92 Å². The second kappa shape index (κ2) is 9.17. The summed E-state index contributed by atoms with van der Waals surface area (Å²) in [5, 5.41) is 0. The number of rotatable bonds is 8. The summed E-state index contributed by atoms with van der Waals surface area (Å²) in [5.74, 6) is 1.62. The van der Waals surface area contributed by atoms with E-state index >= 15 is 0 Å². The van der Waals surface area contributed by atoms with Crippen LogP contribution in [0.2, 0.25) is 0 Å². The van der Waals surface area contributed by atoms with Crippen LogP contribution in [0.25, 0.3) is 6.08 Å². The van der Waals surface area contributed by atoms with E-state index in [-0.39, 0.29) is 5.78 Å². The molecule has 2 aromatic carbocycles. The van der Waals surface area contributed by atoms with Crippen LogP contribution in [0, 0.1) is 0 Å². The average molecular weight is 384 g/mol. The molecule has 2 aromatic rings. The predicted molar refractivity (Wildman–Crippen MR) is 114 cm³/mol. The average Bonchev–Trinajstić information content (AvgIpc) is 2.70. The molecule has 0 unspecified atom stereocenters. The third-order valence-electron chi connectivity index (χ3n) is 4.49. The monoisotopic (exact) mass is 384 g/mol. The van der Waals surface area contributed by atoms with Crippen molar-refractivity contribution >= 4 is 23.2 Å². The maximum absolute atomic E-state index is 13.1. The summed E-state index contributed by atoms with van der Waals surface area (Å²) in [6.45, 7) is 1.94. The lowest BCUT2D eigenvalue weighted by Crippen LogP contribution is -2.12. The Morgan fingerprint density at radius 2 is 1.79 bits per heavy atom. The van der Waals surface area contributed by atoms with Gasteiger partial charge in [0.2, 0.25) is 0 Å². The van der Waals surface area contributed by atoms with Crippen LogP contribution in [0.3, 0.4) is 0 Å². The number of carbonyl (C=O) groups is 1. The molecule has 2 N–H and O–H groups in total. The van der Waals surface area contributed by atoms with Crippen LogP contribution in [0.5, 0.6) is 17.2 Å². The molecule has 28 heavy (non-hydrogen) atoms. The number of hydrogen-bond donors (Lipinski definition) is 1. The number of ether oxygens (including phenoxy) is 3. The van der Waals surface area contributed by atoms with E-state index in [1.807, 2.05) is 44.1 Å². The van der Waals surface area contributed by atoms with Gasteiger partial charge in [-0.3, -0.25) is 4.79 Å². The highest BCUT2D eigenvalue weighted by atomic mass is 16.5. The van der Waals surface area contributed by atoms with Crippen LogP contribution in [-0.4, -0.2) is 41.2 Å². The zero-order chi connectivity index (χ0) is 20.8. The Balaban J connectivity index is 2.51. The van der Waals surface area contributed by atoms with Crippen LogP contribution in [-0.2, 0) is 0 Å². The minimum absolute atomic E-state index is 0.0802. The molecule has 0 aromatic heterocycles. The molecule has 0 aliphatic heterocycles. The van der Waals surface area contributed by atoms with Crippen molar-refractivity contribution < 1.29 is 19.0 Å². The predicted octanol–water partition coefficient (Wildman–Crippen LogP) is 4.04. The fourth-order valence-corrected chi connectivity index (χ4v) is 3.00. The third-order valence-corrected chi connectivity index (χ3v) is 4.49. The Morgan fingerprint density at radius 3 is 2.29 bits per heavy atom. The molecule has 0 aliphatic carbocycles. The molecular formula is C22H28N2O4. The number of anilines is 2. The lowest BCUT2D eigenvalue weighted by Gasteiger charge is -2.16. The van der Waals surface area contributed by atoms with Gasteiger partial charge in [-0.2, -0.15) is 0 Å². The number of hydrogen-bond acceptors (Lipinski definition) is 6. The number of nitrogens with two attached hydrogens (primary N) is 1. The number of methoxy groups -OCH3 is 3. The molecule has 0 aliphatic rings. The largest absolute Gasteiger partial charge is 0.497 e. The van der Waals surface area contributed by atoms with Gasteiger partial charge < -0.3 is 24.8 Å². The molecule has 0 amide bonds. The van der Waals surface area contributed by atoms with Gasteiger partial charge in [0, 0.05) is 36.9 Å². The maximum atomic E-state index is 13.1. The highest BCUT2D eigenvalue weighted by Crippen LogP contribution is 2.37. The van der Waals surface area contributed by atoms with Gasteiger partial charge in [0.25, 0.3) is 0 Å². The minimum atomic E-state index is -0.0802. The zero-order valence-electron chi connectivity index (χ0n) is 17.3. The SMILES string of the molecule is CC/C(=C\c1cc(OC)cc(OC)c1OC)C(=O)c1ccc(N(C)C)c(N)c1. The molecule has 0 atom stereocenters. The second-order valence-electron chi connectivity index (χ2n) is 6.47. The van der Waals surface area contributed by atoms with Crippen molar-refractivity contribution in [3.8, 4) is 17.2 Å². The molecule has 2 rings (SSSR count). The summed E-state index contributed by atoms with van der Waals surface area (Å²) in [4.78, 5) is 15.0. The molecule has 0 fully saturated rings. The lowest BCUT2D eigenvalue weighted by molar-refractivity contribution is 0.103. The summed E-state index contributed by atoms with van der Waals surface area (Å²) in [5.41, 5.74) is 9.43. The zero-order valence-corrected chi connectivity index (χ0v) is 17.3. The number of nitrogen functional groups attached to an aromatic ring is 1. The van der Waals surface area contributed by atoms with Crippen LogP contribution in [0.4, 0.5) is 11.4 Å². The van der Waals surface area contributed by atoms with Gasteiger partial charge in [0.05, 0.1) is 32.7 Å². The molecule has 6 nitrogen and oxygen atoms in total. The number of carbonyl (C=O) groups excluding carboxylic acids is 1. The number of benzene rings is 2. The van der Waals surface area contributed by atoms with Crippen LogP contribution in [0.15, 0.2) is 35.9 Å². The Kier molecular flexibility index (Phi) is 6.93. The van der Waals surface area contributed by atoms with Crippen molar-refractivity contribution in [2.75, 3.05) is 46.1 Å². The number of ketones is 1. The molecular weight excluding hydrogens is 356 g/mol. The van der Waals surface area contributed by atoms with Gasteiger partial charge >= 0.3 is 0 Å². The lowest BCUT2D eigenvalue weighted by atomic mass is 9.97. The Morgan fingerprint density at radius 1 is 1.07 bits per heavy atom. The first-order valence-electron chi connectivity index (χ1n) is 8.98. The molecule has 0 heterocycles. The first kappa shape index (κ1) is 21.2.